The molecule has 2 aromatic carbocycles. The van der Waals surface area contributed by atoms with Crippen LogP contribution in [-0.2, 0) is 31.3 Å². The van der Waals surface area contributed by atoms with Gasteiger partial charge in [0.05, 0.1) is 18.7 Å². The summed E-state index contributed by atoms with van der Waals surface area (Å²) >= 11 is 6.24. The maximum Gasteiger partial charge on any atom is 0.291 e. The molecule has 0 unspecified atom stereocenters. The molecule has 5 rings (SSSR count). The number of nitrogens with zero attached hydrogens (tertiary/aromatic N) is 1. The summed E-state index contributed by atoms with van der Waals surface area (Å²) in [5, 5.41) is 4.94. The number of carbonyl (C=O) groups excluding carboxylic acids is 4. The molecule has 5 N–H and O–H groups in total. The van der Waals surface area contributed by atoms with Crippen molar-refractivity contribution in [1.29, 1.82) is 0 Å². The number of likely N-dealkylation sites (tertiary alicyclic amines) is 1. The lowest BCUT2D eigenvalue weighted by Crippen LogP contribution is -2.99. The molecule has 0 saturated carbocycles. The van der Waals surface area contributed by atoms with Crippen molar-refractivity contribution in [2.24, 2.45) is 17.6 Å². The Hall–Kier alpha value is -3.30. The molecule has 3 aliphatic heterocycles. The smallest absolute Gasteiger partial charge is 0.291 e. The molecule has 170 valence electrons. The Morgan fingerprint density at radius 3 is 2.55 bits per heavy atom. The Bertz CT molecular complexity index is 1230. The summed E-state index contributed by atoms with van der Waals surface area (Å²) in [5.74, 6) is -4.40. The minimum absolute atomic E-state index is 0.0571. The third kappa shape index (κ3) is 2.99. The Balaban J connectivity index is 1.61. The summed E-state index contributed by atoms with van der Waals surface area (Å²) in [6, 6.07) is 8.14. The van der Waals surface area contributed by atoms with Gasteiger partial charge in [0.1, 0.15) is 23.7 Å². The molecule has 4 amide bonds. The summed E-state index contributed by atoms with van der Waals surface area (Å²) in [7, 11) is 0. The number of fused-ring (bicyclic) bond motifs is 4. The molecule has 2 fully saturated rings. The minimum Gasteiger partial charge on any atom is -0.369 e. The van der Waals surface area contributed by atoms with Gasteiger partial charge in [0.2, 0.25) is 23.3 Å². The van der Waals surface area contributed by atoms with Crippen LogP contribution in [-0.4, -0.2) is 34.6 Å². The highest BCUT2D eigenvalue weighted by Gasteiger charge is 2.74. The van der Waals surface area contributed by atoms with Crippen LogP contribution in [0.25, 0.3) is 0 Å². The number of amides is 4. The maximum atomic E-state index is 13.7. The molecular weight excluding hydrogens is 451 g/mol. The second-order valence-corrected chi connectivity index (χ2v) is 9.22. The van der Waals surface area contributed by atoms with Gasteiger partial charge in [0.15, 0.2) is 0 Å². The Morgan fingerprint density at radius 2 is 1.88 bits per heavy atom. The second-order valence-electron chi connectivity index (χ2n) is 8.81. The lowest BCUT2D eigenvalue weighted by molar-refractivity contribution is -0.732. The van der Waals surface area contributed by atoms with Crippen LogP contribution in [0.3, 0.4) is 0 Å². The van der Waals surface area contributed by atoms with E-state index in [2.05, 4.69) is 5.32 Å². The van der Waals surface area contributed by atoms with E-state index in [1.165, 1.54) is 24.3 Å². The van der Waals surface area contributed by atoms with Crippen molar-refractivity contribution in [1.82, 2.24) is 4.90 Å². The van der Waals surface area contributed by atoms with E-state index in [9.17, 15) is 23.6 Å². The molecule has 0 aliphatic carbocycles. The molecule has 33 heavy (non-hydrogen) atoms. The predicted octanol–water partition coefficient (Wildman–Crippen LogP) is 0.557. The fraction of sp³-hybridized carbons (Fsp3) is 0.304. The highest BCUT2D eigenvalue weighted by Crippen LogP contribution is 2.51. The van der Waals surface area contributed by atoms with E-state index in [0.717, 1.165) is 4.90 Å². The van der Waals surface area contributed by atoms with Gasteiger partial charge in [0, 0.05) is 10.6 Å². The first-order valence-electron chi connectivity index (χ1n) is 10.5. The number of hydrogen-bond donors (Lipinski definition) is 3. The van der Waals surface area contributed by atoms with Crippen LogP contribution in [0.4, 0.5) is 10.1 Å². The molecule has 4 atom stereocenters. The Morgan fingerprint density at radius 1 is 1.18 bits per heavy atom. The Kier molecular flexibility index (Phi) is 4.80. The van der Waals surface area contributed by atoms with Gasteiger partial charge in [0.25, 0.3) is 5.91 Å². The van der Waals surface area contributed by atoms with Crippen molar-refractivity contribution in [3.8, 4) is 0 Å². The van der Waals surface area contributed by atoms with E-state index in [-0.39, 0.29) is 13.0 Å². The number of primary amides is 1. The van der Waals surface area contributed by atoms with Crippen LogP contribution in [0.15, 0.2) is 36.4 Å². The number of nitrogens with one attached hydrogen (secondary N) is 1. The first kappa shape index (κ1) is 21.5. The number of carbonyl (C=O) groups is 4. The standard InChI is InChI=1S/C23H20ClFN4O4/c1-10-14(24)7-6-13-19(10)27-22(33)23(13)18-17(15(28-23)8-16(26)30)20(31)29(21(18)32)9-11-2-4-12(25)5-3-11/h2-7,15,17-18,28H,8-9H2,1H3,(H2,26,30)(H,27,33)/p+1/t15-,17+,18-,23-/m0/s1. The lowest BCUT2D eigenvalue weighted by Gasteiger charge is -2.26. The molecule has 2 saturated heterocycles. The molecule has 0 aromatic heterocycles. The van der Waals surface area contributed by atoms with Crippen LogP contribution in [0.5, 0.6) is 0 Å². The zero-order valence-electron chi connectivity index (χ0n) is 17.6. The van der Waals surface area contributed by atoms with Gasteiger partial charge in [-0.1, -0.05) is 23.7 Å². The van der Waals surface area contributed by atoms with Gasteiger partial charge >= 0.3 is 0 Å². The number of benzene rings is 2. The van der Waals surface area contributed by atoms with Crippen molar-refractivity contribution < 1.29 is 28.9 Å². The van der Waals surface area contributed by atoms with Gasteiger partial charge in [-0.15, -0.1) is 0 Å². The molecule has 2 aromatic rings. The van der Waals surface area contributed by atoms with Crippen LogP contribution in [0, 0.1) is 24.6 Å². The molecule has 1 spiro atoms. The zero-order valence-corrected chi connectivity index (χ0v) is 18.4. The average Bonchev–Trinajstić information content (AvgIpc) is 3.33. The number of hydrogen-bond acceptors (Lipinski definition) is 4. The topological polar surface area (TPSA) is 126 Å². The van der Waals surface area contributed by atoms with E-state index in [1.54, 1.807) is 24.4 Å². The fourth-order valence-corrected chi connectivity index (χ4v) is 5.72. The summed E-state index contributed by atoms with van der Waals surface area (Å²) in [6.07, 6.45) is -0.165. The van der Waals surface area contributed by atoms with E-state index >= 15 is 0 Å². The van der Waals surface area contributed by atoms with E-state index in [1.807, 2.05) is 0 Å². The third-order valence-corrected chi connectivity index (χ3v) is 7.43. The van der Waals surface area contributed by atoms with Crippen LogP contribution < -0.4 is 16.4 Å². The number of anilines is 1. The SMILES string of the molecule is Cc1c(Cl)ccc2c1NC(=O)[C@]21[NH2+][C@@H](CC(N)=O)[C@H]2C(=O)N(Cc3ccc(F)cc3)C(=O)[C@H]21. The molecule has 10 heteroatoms. The molecule has 3 aliphatic rings. The van der Waals surface area contributed by atoms with Crippen LogP contribution >= 0.6 is 11.6 Å². The van der Waals surface area contributed by atoms with Crippen molar-refractivity contribution in [3.05, 3.63) is 63.9 Å². The zero-order chi connectivity index (χ0) is 23.7. The van der Waals surface area contributed by atoms with Gasteiger partial charge < -0.3 is 16.4 Å². The number of quaternary nitrogens is 1. The predicted molar refractivity (Wildman–Crippen MR) is 115 cm³/mol. The fourth-order valence-electron chi connectivity index (χ4n) is 5.56. The largest absolute Gasteiger partial charge is 0.369 e. The number of imide groups is 1. The number of nitrogens with two attached hydrogens (primary N) is 2. The van der Waals surface area contributed by atoms with Crippen molar-refractivity contribution in [3.63, 3.8) is 0 Å². The third-order valence-electron chi connectivity index (χ3n) is 7.02. The Labute approximate surface area is 193 Å². The lowest BCUT2D eigenvalue weighted by atomic mass is 9.76. The van der Waals surface area contributed by atoms with E-state index in [0.29, 0.717) is 27.4 Å². The summed E-state index contributed by atoms with van der Waals surface area (Å²) in [4.78, 5) is 53.4. The van der Waals surface area contributed by atoms with Crippen LogP contribution in [0.1, 0.15) is 23.1 Å². The first-order valence-corrected chi connectivity index (χ1v) is 10.9. The number of halogens is 2. The van der Waals surface area contributed by atoms with Gasteiger partial charge in [-0.25, -0.2) is 4.39 Å². The van der Waals surface area contributed by atoms with Crippen molar-refractivity contribution in [2.75, 3.05) is 5.32 Å². The molecular formula is C23H21ClFN4O4+. The van der Waals surface area contributed by atoms with Crippen molar-refractivity contribution >= 4 is 40.9 Å². The highest BCUT2D eigenvalue weighted by atomic mass is 35.5. The first-order chi connectivity index (χ1) is 15.6. The summed E-state index contributed by atoms with van der Waals surface area (Å²) < 4.78 is 13.3. The second kappa shape index (κ2) is 7.36. The van der Waals surface area contributed by atoms with Gasteiger partial charge in [-0.3, -0.25) is 24.1 Å². The normalized spacial score (nSPS) is 27.8. The van der Waals surface area contributed by atoms with Crippen molar-refractivity contribution in [2.45, 2.75) is 31.5 Å². The summed E-state index contributed by atoms with van der Waals surface area (Å²) in [6.45, 7) is 1.70. The van der Waals surface area contributed by atoms with E-state index in [4.69, 9.17) is 17.3 Å². The maximum absolute atomic E-state index is 13.7. The van der Waals surface area contributed by atoms with Gasteiger partial charge in [-0.2, -0.15) is 0 Å². The molecule has 8 nitrogen and oxygen atoms in total. The highest BCUT2D eigenvalue weighted by molar-refractivity contribution is 6.32. The molecule has 3 heterocycles. The minimum atomic E-state index is -1.42. The number of rotatable bonds is 4. The molecule has 0 radical (unpaired) electrons. The van der Waals surface area contributed by atoms with Gasteiger partial charge in [-0.05, 0) is 42.3 Å². The average molecular weight is 472 g/mol. The molecule has 0 bridgehead atoms. The monoisotopic (exact) mass is 471 g/mol. The quantitative estimate of drug-likeness (QED) is 0.563. The van der Waals surface area contributed by atoms with Crippen LogP contribution in [0.2, 0.25) is 5.02 Å². The van der Waals surface area contributed by atoms with E-state index < -0.39 is 52.9 Å². The summed E-state index contributed by atoms with van der Waals surface area (Å²) in [5.41, 5.74) is 6.32.